The number of rotatable bonds is 3. The maximum Gasteiger partial charge on any atom is 0.322 e. The van der Waals surface area contributed by atoms with E-state index < -0.39 is 21.6 Å². The molecule has 23 heavy (non-hydrogen) atoms. The van der Waals surface area contributed by atoms with E-state index in [9.17, 15) is 18.0 Å². The van der Waals surface area contributed by atoms with Crippen LogP contribution in [0.15, 0.2) is 17.6 Å². The predicted octanol–water partition coefficient (Wildman–Crippen LogP) is -0.581. The van der Waals surface area contributed by atoms with Crippen molar-refractivity contribution in [1.29, 1.82) is 0 Å². The average molecular weight is 341 g/mol. The molecule has 10 heteroatoms. The van der Waals surface area contributed by atoms with Gasteiger partial charge in [0.2, 0.25) is 0 Å². The number of nitrogens with zero attached hydrogens (tertiary/aromatic N) is 3. The molecule has 3 heterocycles. The monoisotopic (exact) mass is 341 g/mol. The molecule has 0 aliphatic carbocycles. The molecular formula is C13H19N5O4S. The second kappa shape index (κ2) is 5.31. The third-order valence-corrected chi connectivity index (χ3v) is 6.41. The van der Waals surface area contributed by atoms with Crippen LogP contribution in [0.4, 0.5) is 4.79 Å². The van der Waals surface area contributed by atoms with Gasteiger partial charge in [-0.05, 0) is 25.7 Å². The van der Waals surface area contributed by atoms with E-state index in [2.05, 4.69) is 15.6 Å². The number of imide groups is 1. The van der Waals surface area contributed by atoms with Gasteiger partial charge in [0.1, 0.15) is 5.54 Å². The zero-order valence-corrected chi connectivity index (χ0v) is 13.8. The van der Waals surface area contributed by atoms with Gasteiger partial charge in [0.15, 0.2) is 5.03 Å². The van der Waals surface area contributed by atoms with Crippen molar-refractivity contribution in [3.63, 3.8) is 0 Å². The first-order valence-corrected chi connectivity index (χ1v) is 8.79. The normalized spacial score (nSPS) is 27.0. The van der Waals surface area contributed by atoms with Gasteiger partial charge in [-0.3, -0.25) is 10.1 Å². The van der Waals surface area contributed by atoms with Crippen molar-refractivity contribution in [2.75, 3.05) is 13.1 Å². The summed E-state index contributed by atoms with van der Waals surface area (Å²) < 4.78 is 28.0. The molecule has 0 aromatic carbocycles. The molecule has 9 nitrogen and oxygen atoms in total. The number of aryl methyl sites for hydroxylation is 1. The second-order valence-electron chi connectivity index (χ2n) is 6.17. The van der Waals surface area contributed by atoms with E-state index in [1.165, 1.54) is 16.8 Å². The molecule has 1 aromatic heterocycles. The van der Waals surface area contributed by atoms with E-state index >= 15 is 0 Å². The molecule has 1 aromatic rings. The van der Waals surface area contributed by atoms with Crippen molar-refractivity contribution < 1.29 is 18.0 Å². The Bertz CT molecular complexity index is 750. The highest BCUT2D eigenvalue weighted by atomic mass is 32.2. The summed E-state index contributed by atoms with van der Waals surface area (Å²) in [5.74, 6) is -0.460. The molecule has 2 saturated heterocycles. The van der Waals surface area contributed by atoms with Crippen LogP contribution in [0.25, 0.3) is 0 Å². The molecular weight excluding hydrogens is 322 g/mol. The smallest absolute Gasteiger partial charge is 0.322 e. The van der Waals surface area contributed by atoms with Crippen LogP contribution < -0.4 is 10.6 Å². The minimum Gasteiger partial charge on any atom is -0.339 e. The Balaban J connectivity index is 1.72. The number of hydrogen-bond donors (Lipinski definition) is 2. The third-order valence-electron chi connectivity index (χ3n) is 4.63. The predicted molar refractivity (Wildman–Crippen MR) is 79.8 cm³/mol. The summed E-state index contributed by atoms with van der Waals surface area (Å²) in [5.41, 5.74) is -0.974. The van der Waals surface area contributed by atoms with Crippen molar-refractivity contribution in [1.82, 2.24) is 24.5 Å². The fourth-order valence-electron chi connectivity index (χ4n) is 3.17. The molecule has 0 saturated carbocycles. The van der Waals surface area contributed by atoms with Crippen molar-refractivity contribution in [2.45, 2.75) is 30.3 Å². The molecule has 0 bridgehead atoms. The maximum absolute atomic E-state index is 12.5. The van der Waals surface area contributed by atoms with Crippen molar-refractivity contribution in [3.8, 4) is 0 Å². The van der Waals surface area contributed by atoms with Gasteiger partial charge < -0.3 is 9.88 Å². The van der Waals surface area contributed by atoms with Crippen LogP contribution in [0.1, 0.15) is 19.8 Å². The lowest BCUT2D eigenvalue weighted by molar-refractivity contribution is -0.125. The fraction of sp³-hybridized carbons (Fsp3) is 0.615. The van der Waals surface area contributed by atoms with Crippen LogP contribution in [0.2, 0.25) is 0 Å². The molecule has 126 valence electrons. The number of piperidine rings is 1. The van der Waals surface area contributed by atoms with Crippen molar-refractivity contribution in [3.05, 3.63) is 12.5 Å². The minimum absolute atomic E-state index is 0.0246. The first-order chi connectivity index (χ1) is 10.7. The molecule has 1 atom stereocenters. The van der Waals surface area contributed by atoms with E-state index in [0.717, 1.165) is 0 Å². The van der Waals surface area contributed by atoms with E-state index in [4.69, 9.17) is 0 Å². The molecule has 0 spiro atoms. The lowest BCUT2D eigenvalue weighted by Crippen LogP contribution is -2.54. The van der Waals surface area contributed by atoms with Crippen LogP contribution in [-0.2, 0) is 21.9 Å². The summed E-state index contributed by atoms with van der Waals surface area (Å²) in [4.78, 5) is 27.2. The highest BCUT2D eigenvalue weighted by molar-refractivity contribution is 7.89. The number of hydrogen-bond acceptors (Lipinski definition) is 5. The number of imidazole rings is 1. The highest BCUT2D eigenvalue weighted by Gasteiger charge is 2.49. The lowest BCUT2D eigenvalue weighted by Gasteiger charge is -2.37. The van der Waals surface area contributed by atoms with Gasteiger partial charge in [0.25, 0.3) is 15.9 Å². The fourth-order valence-corrected chi connectivity index (χ4v) is 4.61. The van der Waals surface area contributed by atoms with Gasteiger partial charge in [0.05, 0.1) is 6.33 Å². The van der Waals surface area contributed by atoms with Gasteiger partial charge in [0, 0.05) is 26.3 Å². The number of amides is 3. The van der Waals surface area contributed by atoms with Crippen LogP contribution in [0.5, 0.6) is 0 Å². The molecule has 3 rings (SSSR count). The van der Waals surface area contributed by atoms with E-state index in [1.54, 1.807) is 18.5 Å². The molecule has 2 N–H and O–H groups in total. The first kappa shape index (κ1) is 15.9. The van der Waals surface area contributed by atoms with Gasteiger partial charge >= 0.3 is 6.03 Å². The molecule has 2 aliphatic rings. The van der Waals surface area contributed by atoms with Crippen LogP contribution in [-0.4, -0.2) is 52.8 Å². The highest BCUT2D eigenvalue weighted by Crippen LogP contribution is 2.32. The second-order valence-corrected chi connectivity index (χ2v) is 8.05. The first-order valence-electron chi connectivity index (χ1n) is 7.35. The zero-order chi connectivity index (χ0) is 16.8. The zero-order valence-electron chi connectivity index (χ0n) is 12.9. The van der Waals surface area contributed by atoms with Crippen molar-refractivity contribution in [2.24, 2.45) is 13.0 Å². The van der Waals surface area contributed by atoms with Gasteiger partial charge in [-0.25, -0.2) is 18.2 Å². The van der Waals surface area contributed by atoms with Crippen molar-refractivity contribution >= 4 is 22.0 Å². The SMILES string of the molecule is Cn1cnc(S(=O)(=O)N2CCC(C3(C)NC(=O)NC3=O)CC2)c1. The standard InChI is InChI=1S/C13H19N5O4S/c1-13(11(19)15-12(20)16-13)9-3-5-18(6-4-9)23(21,22)10-7-17(2)8-14-10/h7-9H,3-6H2,1-2H3,(H2,15,16,19,20). The largest absolute Gasteiger partial charge is 0.339 e. The van der Waals surface area contributed by atoms with E-state index in [1.807, 2.05) is 0 Å². The third kappa shape index (κ3) is 2.61. The van der Waals surface area contributed by atoms with Crippen LogP contribution >= 0.6 is 0 Å². The Hall–Kier alpha value is -1.94. The Morgan fingerprint density at radius 3 is 2.43 bits per heavy atom. The molecule has 1 unspecified atom stereocenters. The number of aromatic nitrogens is 2. The number of carbonyl (C=O) groups excluding carboxylic acids is 2. The Kier molecular flexibility index (Phi) is 3.68. The summed E-state index contributed by atoms with van der Waals surface area (Å²) >= 11 is 0. The van der Waals surface area contributed by atoms with Gasteiger partial charge in [-0.2, -0.15) is 4.31 Å². The Morgan fingerprint density at radius 1 is 1.30 bits per heavy atom. The summed E-state index contributed by atoms with van der Waals surface area (Å²) in [6.07, 6.45) is 3.90. The van der Waals surface area contributed by atoms with Crippen LogP contribution in [0.3, 0.4) is 0 Å². The summed E-state index contributed by atoms with van der Waals surface area (Å²) in [6.45, 7) is 2.27. The Morgan fingerprint density at radius 2 is 1.96 bits per heavy atom. The Labute approximate surface area is 134 Å². The molecule has 2 fully saturated rings. The topological polar surface area (TPSA) is 113 Å². The number of sulfonamides is 1. The molecule has 0 radical (unpaired) electrons. The minimum atomic E-state index is -3.62. The summed E-state index contributed by atoms with van der Waals surface area (Å²) in [5, 5.41) is 4.92. The summed E-state index contributed by atoms with van der Waals surface area (Å²) in [6, 6.07) is -0.499. The van der Waals surface area contributed by atoms with E-state index in [0.29, 0.717) is 25.9 Å². The average Bonchev–Trinajstić information content (AvgIpc) is 3.04. The lowest BCUT2D eigenvalue weighted by atomic mass is 9.79. The number of carbonyl (C=O) groups is 2. The molecule has 3 amide bonds. The number of urea groups is 1. The number of nitrogens with one attached hydrogen (secondary N) is 2. The molecule has 2 aliphatic heterocycles. The van der Waals surface area contributed by atoms with Gasteiger partial charge in [-0.15, -0.1) is 0 Å². The maximum atomic E-state index is 12.5. The van der Waals surface area contributed by atoms with E-state index in [-0.39, 0.29) is 16.9 Å². The summed E-state index contributed by atoms with van der Waals surface area (Å²) in [7, 11) is -1.91. The van der Waals surface area contributed by atoms with Gasteiger partial charge in [-0.1, -0.05) is 0 Å². The van der Waals surface area contributed by atoms with Crippen LogP contribution in [0, 0.1) is 5.92 Å². The quantitative estimate of drug-likeness (QED) is 0.714.